The van der Waals surface area contributed by atoms with Gasteiger partial charge in [0, 0.05) is 46.0 Å². The Morgan fingerprint density at radius 3 is 2.31 bits per heavy atom. The van der Waals surface area contributed by atoms with E-state index >= 15 is 0 Å². The second-order valence-electron chi connectivity index (χ2n) is 7.02. The zero-order valence-corrected chi connectivity index (χ0v) is 17.4. The minimum atomic E-state index is -3.55. The van der Waals surface area contributed by atoms with E-state index in [0.29, 0.717) is 24.6 Å². The highest BCUT2D eigenvalue weighted by Gasteiger charge is 2.21. The van der Waals surface area contributed by atoms with Gasteiger partial charge < -0.3 is 15.5 Å². The van der Waals surface area contributed by atoms with Gasteiger partial charge in [0.2, 0.25) is 10.0 Å². The lowest BCUT2D eigenvalue weighted by Gasteiger charge is -2.36. The largest absolute Gasteiger partial charge is 0.370 e. The number of nitrogens with zero attached hydrogens (tertiary/aromatic N) is 4. The van der Waals surface area contributed by atoms with E-state index in [1.54, 1.807) is 36.4 Å². The summed E-state index contributed by atoms with van der Waals surface area (Å²) in [4.78, 5) is 8.81. The van der Waals surface area contributed by atoms with Crippen molar-refractivity contribution in [3.05, 3.63) is 59.9 Å². The van der Waals surface area contributed by atoms with Crippen molar-refractivity contribution in [2.45, 2.75) is 11.4 Å². The van der Waals surface area contributed by atoms with E-state index in [0.717, 1.165) is 18.8 Å². The highest BCUT2D eigenvalue weighted by Crippen LogP contribution is 2.20. The first-order valence-electron chi connectivity index (χ1n) is 9.35. The molecule has 0 bridgehead atoms. The van der Waals surface area contributed by atoms with Gasteiger partial charge in [-0.3, -0.25) is 0 Å². The van der Waals surface area contributed by atoms with Crippen molar-refractivity contribution < 1.29 is 12.8 Å². The van der Waals surface area contributed by atoms with Crippen molar-refractivity contribution in [3.8, 4) is 0 Å². The number of hydrogen-bond donors (Lipinski definition) is 1. The Kier molecular flexibility index (Phi) is 6.39. The molecule has 0 amide bonds. The smallest absolute Gasteiger partial charge is 0.242 e. The fourth-order valence-corrected chi connectivity index (χ4v) is 4.30. The Morgan fingerprint density at radius 1 is 1.07 bits per heavy atom. The summed E-state index contributed by atoms with van der Waals surface area (Å²) in [5.41, 5.74) is 7.75. The molecule has 2 aromatic carbocycles. The number of halogens is 1. The molecule has 0 aliphatic carbocycles. The molecule has 1 fully saturated rings. The lowest BCUT2D eigenvalue weighted by Crippen LogP contribution is -2.51. The van der Waals surface area contributed by atoms with Crippen molar-refractivity contribution in [2.24, 2.45) is 10.7 Å². The van der Waals surface area contributed by atoms with E-state index in [4.69, 9.17) is 5.73 Å². The van der Waals surface area contributed by atoms with Crippen molar-refractivity contribution in [1.29, 1.82) is 0 Å². The van der Waals surface area contributed by atoms with Crippen LogP contribution in [0.3, 0.4) is 0 Å². The van der Waals surface area contributed by atoms with E-state index in [2.05, 4.69) is 9.89 Å². The molecule has 156 valence electrons. The first-order valence-corrected chi connectivity index (χ1v) is 10.8. The number of hydrogen-bond acceptors (Lipinski definition) is 4. The Bertz CT molecular complexity index is 969. The molecule has 29 heavy (non-hydrogen) atoms. The monoisotopic (exact) mass is 419 g/mol. The zero-order valence-electron chi connectivity index (χ0n) is 16.6. The van der Waals surface area contributed by atoms with Crippen LogP contribution in [0.15, 0.2) is 58.4 Å². The molecule has 9 heteroatoms. The van der Waals surface area contributed by atoms with Crippen molar-refractivity contribution >= 4 is 21.7 Å². The van der Waals surface area contributed by atoms with Crippen molar-refractivity contribution in [1.82, 2.24) is 9.21 Å². The third kappa shape index (κ3) is 4.86. The number of guanidine groups is 1. The predicted molar refractivity (Wildman–Crippen MR) is 113 cm³/mol. The number of anilines is 1. The summed E-state index contributed by atoms with van der Waals surface area (Å²) in [6.07, 6.45) is 0. The molecule has 1 saturated heterocycles. The van der Waals surface area contributed by atoms with E-state index in [9.17, 15) is 12.8 Å². The summed E-state index contributed by atoms with van der Waals surface area (Å²) in [6, 6.07) is 13.3. The normalized spacial score (nSPS) is 15.8. The van der Waals surface area contributed by atoms with Gasteiger partial charge in [0.15, 0.2) is 5.96 Å². The third-order valence-electron chi connectivity index (χ3n) is 4.94. The van der Waals surface area contributed by atoms with Gasteiger partial charge in [0.05, 0.1) is 11.4 Å². The lowest BCUT2D eigenvalue weighted by molar-refractivity contribution is 0.380. The van der Waals surface area contributed by atoms with Crippen LogP contribution >= 0.6 is 0 Å². The van der Waals surface area contributed by atoms with Gasteiger partial charge in [-0.25, -0.2) is 22.1 Å². The van der Waals surface area contributed by atoms with Crippen LogP contribution in [0.2, 0.25) is 0 Å². The average Bonchev–Trinajstić information content (AvgIpc) is 2.73. The van der Waals surface area contributed by atoms with E-state index in [-0.39, 0.29) is 17.3 Å². The fraction of sp³-hybridized carbons (Fsp3) is 0.350. The van der Waals surface area contributed by atoms with Crippen LogP contribution < -0.4 is 10.6 Å². The predicted octanol–water partition coefficient (Wildman–Crippen LogP) is 1.71. The highest BCUT2D eigenvalue weighted by atomic mass is 32.2. The standard InChI is InChI=1S/C20H26FN5O2S/c1-24(2)29(27,28)19-6-4-3-5-16(19)15-23-20(22)26-13-11-25(12-14-26)18-9-7-17(21)8-10-18/h3-10H,11-15H2,1-2H3,(H2,22,23). The number of sulfonamides is 1. The third-order valence-corrected chi connectivity index (χ3v) is 6.85. The summed E-state index contributed by atoms with van der Waals surface area (Å²) in [5.74, 6) is 0.140. The zero-order chi connectivity index (χ0) is 21.0. The van der Waals surface area contributed by atoms with Crippen LogP contribution in [0.1, 0.15) is 5.56 Å². The Labute approximate surface area is 171 Å². The van der Waals surface area contributed by atoms with Crippen molar-refractivity contribution in [3.63, 3.8) is 0 Å². The number of aliphatic imine (C=N–C) groups is 1. The van der Waals surface area contributed by atoms with Crippen molar-refractivity contribution in [2.75, 3.05) is 45.2 Å². The average molecular weight is 420 g/mol. The molecule has 0 saturated carbocycles. The molecule has 0 spiro atoms. The maximum absolute atomic E-state index is 13.1. The maximum atomic E-state index is 13.1. The van der Waals surface area contributed by atoms with Gasteiger partial charge in [0.25, 0.3) is 0 Å². The second-order valence-corrected chi connectivity index (χ2v) is 9.14. The van der Waals surface area contributed by atoms with Crippen LogP contribution in [0.25, 0.3) is 0 Å². The number of nitrogens with two attached hydrogens (primary N) is 1. The minimum Gasteiger partial charge on any atom is -0.370 e. The molecule has 2 N–H and O–H groups in total. The highest BCUT2D eigenvalue weighted by molar-refractivity contribution is 7.89. The summed E-state index contributed by atoms with van der Waals surface area (Å²) < 4.78 is 39.3. The SMILES string of the molecule is CN(C)S(=O)(=O)c1ccccc1CN=C(N)N1CCN(c2ccc(F)cc2)CC1. The molecule has 1 aliphatic rings. The number of benzene rings is 2. The van der Waals surface area contributed by atoms with Gasteiger partial charge in [0.1, 0.15) is 5.82 Å². The Morgan fingerprint density at radius 2 is 1.69 bits per heavy atom. The van der Waals surface area contributed by atoms with Crippen LogP contribution in [-0.2, 0) is 16.6 Å². The molecule has 3 rings (SSSR count). The molecule has 1 heterocycles. The van der Waals surface area contributed by atoms with E-state index < -0.39 is 10.0 Å². The molecule has 0 atom stereocenters. The first-order chi connectivity index (χ1) is 13.8. The minimum absolute atomic E-state index is 0.188. The van der Waals surface area contributed by atoms with Gasteiger partial charge in [-0.05, 0) is 35.9 Å². The van der Waals surface area contributed by atoms with Crippen LogP contribution in [0.5, 0.6) is 0 Å². The second kappa shape index (κ2) is 8.79. The van der Waals surface area contributed by atoms with Crippen LogP contribution in [0.4, 0.5) is 10.1 Å². The topological polar surface area (TPSA) is 82.2 Å². The molecular formula is C20H26FN5O2S. The number of piperazine rings is 1. The molecule has 1 aliphatic heterocycles. The summed E-state index contributed by atoms with van der Waals surface area (Å²) in [5, 5.41) is 0. The van der Waals surface area contributed by atoms with E-state index in [1.165, 1.54) is 30.5 Å². The fourth-order valence-electron chi connectivity index (χ4n) is 3.19. The van der Waals surface area contributed by atoms with Gasteiger partial charge in [-0.2, -0.15) is 0 Å². The molecule has 7 nitrogen and oxygen atoms in total. The summed E-state index contributed by atoms with van der Waals surface area (Å²) in [6.45, 7) is 3.04. The Balaban J connectivity index is 1.65. The van der Waals surface area contributed by atoms with Gasteiger partial charge >= 0.3 is 0 Å². The maximum Gasteiger partial charge on any atom is 0.242 e. The molecule has 0 unspecified atom stereocenters. The van der Waals surface area contributed by atoms with E-state index in [1.807, 2.05) is 4.90 Å². The first kappa shape index (κ1) is 21.1. The molecular weight excluding hydrogens is 393 g/mol. The number of rotatable bonds is 5. The Hall–Kier alpha value is -2.65. The van der Waals surface area contributed by atoms with Gasteiger partial charge in [-0.15, -0.1) is 0 Å². The molecule has 0 radical (unpaired) electrons. The van der Waals surface area contributed by atoms with Crippen LogP contribution in [-0.4, -0.2) is 63.9 Å². The summed E-state index contributed by atoms with van der Waals surface area (Å²) >= 11 is 0. The molecule has 2 aromatic rings. The molecule has 0 aromatic heterocycles. The van der Waals surface area contributed by atoms with Gasteiger partial charge in [-0.1, -0.05) is 18.2 Å². The summed E-state index contributed by atoms with van der Waals surface area (Å²) in [7, 11) is -0.536. The quantitative estimate of drug-likeness (QED) is 0.589. The van der Waals surface area contributed by atoms with Crippen LogP contribution in [0, 0.1) is 5.82 Å². The lowest BCUT2D eigenvalue weighted by atomic mass is 10.2.